The van der Waals surface area contributed by atoms with Crippen LogP contribution in [-0.2, 0) is 5.41 Å². The SMILES string of the molecule is CC1(C)c2cc(N(c3ccccc3)c3ccccc3)ccc2-c2c1cc1c3c(cccc23)-c2c-1c(-c1cccc(-c3ccccc3)c1-c1ccccc1)c1ccccc1c2-c1cccc(-c2ccccc2)c1-c1ccccc1. The number of rotatable bonds is 9. The number of nitrogens with zero attached hydrogens (tertiary/aromatic N) is 1. The maximum Gasteiger partial charge on any atom is 0.0465 e. The second kappa shape index (κ2) is 18.2. The molecule has 0 N–H and O–H groups in total. The Labute approximate surface area is 456 Å². The van der Waals surface area contributed by atoms with Crippen molar-refractivity contribution in [2.75, 3.05) is 4.90 Å². The van der Waals surface area contributed by atoms with E-state index in [0.717, 1.165) is 17.1 Å². The Morgan fingerprint density at radius 2 is 0.628 bits per heavy atom. The lowest BCUT2D eigenvalue weighted by molar-refractivity contribution is 0.661. The largest absolute Gasteiger partial charge is 0.310 e. The van der Waals surface area contributed by atoms with Gasteiger partial charge in [0.15, 0.2) is 0 Å². The number of fused-ring (bicyclic) bond motifs is 8. The molecule has 0 aromatic heterocycles. The van der Waals surface area contributed by atoms with Crippen LogP contribution in [0.4, 0.5) is 17.1 Å². The molecule has 0 spiro atoms. The molecule has 15 rings (SSSR count). The Bertz CT molecular complexity index is 4430. The summed E-state index contributed by atoms with van der Waals surface area (Å²) < 4.78 is 0. The fraction of sp³-hybridized carbons (Fsp3) is 0.0390. The summed E-state index contributed by atoms with van der Waals surface area (Å²) in [6.45, 7) is 4.89. The average Bonchev–Trinajstić information content (AvgIpc) is 4.10. The third kappa shape index (κ3) is 7.02. The first-order valence-electron chi connectivity index (χ1n) is 27.3. The van der Waals surface area contributed by atoms with E-state index in [-0.39, 0.29) is 5.41 Å². The van der Waals surface area contributed by atoms with Gasteiger partial charge in [-0.25, -0.2) is 0 Å². The van der Waals surface area contributed by atoms with Crippen LogP contribution in [0.3, 0.4) is 0 Å². The molecule has 2 aliphatic carbocycles. The van der Waals surface area contributed by atoms with Gasteiger partial charge < -0.3 is 4.90 Å². The Morgan fingerprint density at radius 3 is 1.13 bits per heavy atom. The molecule has 0 saturated carbocycles. The van der Waals surface area contributed by atoms with Crippen molar-refractivity contribution < 1.29 is 0 Å². The smallest absolute Gasteiger partial charge is 0.0465 e. The van der Waals surface area contributed by atoms with Gasteiger partial charge in [-0.2, -0.15) is 0 Å². The predicted molar refractivity (Wildman–Crippen MR) is 331 cm³/mol. The van der Waals surface area contributed by atoms with Crippen LogP contribution in [0.25, 0.3) is 122 Å². The molecule has 13 aromatic carbocycles. The summed E-state index contributed by atoms with van der Waals surface area (Å²) in [5, 5.41) is 5.07. The van der Waals surface area contributed by atoms with E-state index in [1.165, 1.54) is 133 Å². The number of anilines is 3. The highest BCUT2D eigenvalue weighted by atomic mass is 15.1. The Kier molecular flexibility index (Phi) is 10.6. The minimum absolute atomic E-state index is 0.337. The summed E-state index contributed by atoms with van der Waals surface area (Å²) in [6.07, 6.45) is 0. The van der Waals surface area contributed by atoms with Crippen LogP contribution < -0.4 is 4.90 Å². The monoisotopic (exact) mass is 991 g/mol. The van der Waals surface area contributed by atoms with Gasteiger partial charge in [0.2, 0.25) is 0 Å². The zero-order valence-corrected chi connectivity index (χ0v) is 43.6. The van der Waals surface area contributed by atoms with Gasteiger partial charge in [0.25, 0.3) is 0 Å². The van der Waals surface area contributed by atoms with Gasteiger partial charge in [-0.15, -0.1) is 0 Å². The Morgan fingerprint density at radius 1 is 0.231 bits per heavy atom. The van der Waals surface area contributed by atoms with Gasteiger partial charge in [0.05, 0.1) is 0 Å². The van der Waals surface area contributed by atoms with Crippen molar-refractivity contribution in [1.29, 1.82) is 0 Å². The molecule has 1 heteroatoms. The highest BCUT2D eigenvalue weighted by molar-refractivity contribution is 6.31. The fourth-order valence-corrected chi connectivity index (χ4v) is 13.4. The second-order valence-corrected chi connectivity index (χ2v) is 21.4. The highest BCUT2D eigenvalue weighted by Gasteiger charge is 2.41. The molecule has 2 aliphatic rings. The number of hydrogen-bond donors (Lipinski definition) is 0. The molecular weight excluding hydrogens is 939 g/mol. The third-order valence-corrected chi connectivity index (χ3v) is 16.8. The van der Waals surface area contributed by atoms with Crippen molar-refractivity contribution in [2.45, 2.75) is 19.3 Å². The summed E-state index contributed by atoms with van der Waals surface area (Å²) in [5.41, 5.74) is 28.2. The van der Waals surface area contributed by atoms with Crippen molar-refractivity contribution in [2.24, 2.45) is 0 Å². The lowest BCUT2D eigenvalue weighted by Gasteiger charge is -2.28. The van der Waals surface area contributed by atoms with Crippen LogP contribution in [0.2, 0.25) is 0 Å². The molecule has 366 valence electrons. The van der Waals surface area contributed by atoms with Gasteiger partial charge >= 0.3 is 0 Å². The van der Waals surface area contributed by atoms with Crippen molar-refractivity contribution in [3.8, 4) is 100 Å². The zero-order valence-electron chi connectivity index (χ0n) is 43.6. The van der Waals surface area contributed by atoms with E-state index in [1.807, 2.05) is 0 Å². The van der Waals surface area contributed by atoms with Gasteiger partial charge in [-0.3, -0.25) is 0 Å². The Balaban J connectivity index is 1.07. The van der Waals surface area contributed by atoms with E-state index < -0.39 is 0 Å². The molecule has 0 bridgehead atoms. The van der Waals surface area contributed by atoms with Crippen molar-refractivity contribution in [3.63, 3.8) is 0 Å². The topological polar surface area (TPSA) is 3.24 Å². The van der Waals surface area contributed by atoms with Crippen LogP contribution in [-0.4, -0.2) is 0 Å². The summed E-state index contributed by atoms with van der Waals surface area (Å²) in [7, 11) is 0. The molecule has 0 unspecified atom stereocenters. The molecular formula is C77H53N. The van der Waals surface area contributed by atoms with E-state index >= 15 is 0 Å². The molecule has 0 amide bonds. The van der Waals surface area contributed by atoms with Gasteiger partial charge in [-0.05, 0) is 175 Å². The summed E-state index contributed by atoms with van der Waals surface area (Å²) in [6, 6.07) is 106. The van der Waals surface area contributed by atoms with Crippen LogP contribution in [0, 0.1) is 0 Å². The van der Waals surface area contributed by atoms with E-state index in [0.29, 0.717) is 0 Å². The standard InChI is InChI=1S/C77H53N/c1-77(2)67-48-56(78(54-34-17-7-18-35-54)55-36-19-8-20-37-55)46-47-61(67)72-64-44-25-45-65-71(64)66(49-68(72)77)76-74(63-43-24-41-58(51-28-11-4-12-29-51)70(63)53-32-15-6-16-33-53)60-39-22-21-38-59(60)73(75(65)76)62-42-23-40-57(50-26-9-3-10-27-50)69(62)52-30-13-5-14-31-52/h3-49H,1-2H3. The fourth-order valence-electron chi connectivity index (χ4n) is 13.4. The van der Waals surface area contributed by atoms with E-state index in [4.69, 9.17) is 0 Å². The summed E-state index contributed by atoms with van der Waals surface area (Å²) in [4.78, 5) is 2.39. The molecule has 0 saturated heterocycles. The minimum atomic E-state index is -0.337. The maximum atomic E-state index is 2.61. The van der Waals surface area contributed by atoms with Crippen molar-refractivity contribution in [1.82, 2.24) is 0 Å². The van der Waals surface area contributed by atoms with Crippen LogP contribution >= 0.6 is 0 Å². The lowest BCUT2D eigenvalue weighted by Crippen LogP contribution is -2.16. The van der Waals surface area contributed by atoms with Gasteiger partial charge in [0, 0.05) is 22.5 Å². The first kappa shape index (κ1) is 45.6. The lowest BCUT2D eigenvalue weighted by atomic mass is 9.77. The predicted octanol–water partition coefficient (Wildman–Crippen LogP) is 21.4. The first-order chi connectivity index (χ1) is 38.5. The minimum Gasteiger partial charge on any atom is -0.310 e. The zero-order chi connectivity index (χ0) is 51.9. The van der Waals surface area contributed by atoms with Crippen LogP contribution in [0.15, 0.2) is 285 Å². The molecule has 0 radical (unpaired) electrons. The average molecular weight is 992 g/mol. The number of benzene rings is 13. The van der Waals surface area contributed by atoms with Gasteiger partial charge in [0.1, 0.15) is 0 Å². The summed E-state index contributed by atoms with van der Waals surface area (Å²) in [5.74, 6) is 0. The molecule has 78 heavy (non-hydrogen) atoms. The molecule has 1 nitrogen and oxygen atoms in total. The van der Waals surface area contributed by atoms with Gasteiger partial charge in [-0.1, -0.05) is 257 Å². The third-order valence-electron chi connectivity index (χ3n) is 16.8. The van der Waals surface area contributed by atoms with E-state index in [1.54, 1.807) is 0 Å². The molecule has 0 atom stereocenters. The number of hydrogen-bond acceptors (Lipinski definition) is 1. The quantitative estimate of drug-likeness (QED) is 0.139. The number of para-hydroxylation sites is 2. The van der Waals surface area contributed by atoms with Crippen molar-refractivity contribution in [3.05, 3.63) is 296 Å². The summed E-state index contributed by atoms with van der Waals surface area (Å²) >= 11 is 0. The van der Waals surface area contributed by atoms with Crippen molar-refractivity contribution >= 4 is 38.6 Å². The molecule has 0 aliphatic heterocycles. The maximum absolute atomic E-state index is 2.61. The molecule has 0 fully saturated rings. The van der Waals surface area contributed by atoms with Crippen LogP contribution in [0.5, 0.6) is 0 Å². The van der Waals surface area contributed by atoms with E-state index in [9.17, 15) is 0 Å². The Hall–Kier alpha value is -9.82. The van der Waals surface area contributed by atoms with Crippen LogP contribution in [0.1, 0.15) is 25.0 Å². The second-order valence-electron chi connectivity index (χ2n) is 21.4. The highest BCUT2D eigenvalue weighted by Crippen LogP contribution is 2.64. The van der Waals surface area contributed by atoms with E-state index in [2.05, 4.69) is 304 Å². The molecule has 13 aromatic rings. The first-order valence-corrected chi connectivity index (χ1v) is 27.3. The normalized spacial score (nSPS) is 12.6. The molecule has 0 heterocycles.